The van der Waals surface area contributed by atoms with Gasteiger partial charge in [-0.2, -0.15) is 4.31 Å². The van der Waals surface area contributed by atoms with Crippen LogP contribution in [0.25, 0.3) is 11.0 Å². The minimum atomic E-state index is -3.81. The van der Waals surface area contributed by atoms with Gasteiger partial charge < -0.3 is 14.2 Å². The molecule has 1 unspecified atom stereocenters. The maximum absolute atomic E-state index is 13.2. The SMILES string of the molecule is Cc1nc2ccccc2n1C1CCN(C(=O)C2CN(S(=O)(=O)c3ccccc3Cl)CCO2)CC1. The van der Waals surface area contributed by atoms with E-state index < -0.39 is 16.1 Å². The van der Waals surface area contributed by atoms with Crippen LogP contribution in [0.1, 0.15) is 24.7 Å². The van der Waals surface area contributed by atoms with Gasteiger partial charge in [0, 0.05) is 32.2 Å². The molecule has 2 aliphatic heterocycles. The molecule has 0 spiro atoms. The second-order valence-corrected chi connectivity index (χ2v) is 11.0. The Bertz CT molecular complexity index is 1320. The fourth-order valence-corrected chi connectivity index (χ4v) is 6.88. The molecule has 34 heavy (non-hydrogen) atoms. The van der Waals surface area contributed by atoms with Gasteiger partial charge in [-0.15, -0.1) is 0 Å². The molecule has 0 N–H and O–H groups in total. The molecule has 1 atom stereocenters. The van der Waals surface area contributed by atoms with Crippen molar-refractivity contribution in [2.45, 2.75) is 36.8 Å². The van der Waals surface area contributed by atoms with E-state index in [1.807, 2.05) is 25.1 Å². The quantitative estimate of drug-likeness (QED) is 0.546. The number of para-hydroxylation sites is 2. The number of ether oxygens (including phenoxy) is 1. The zero-order chi connectivity index (χ0) is 23.9. The van der Waals surface area contributed by atoms with E-state index in [9.17, 15) is 13.2 Å². The zero-order valence-corrected chi connectivity index (χ0v) is 20.5. The lowest BCUT2D eigenvalue weighted by Gasteiger charge is -2.38. The number of halogens is 1. The van der Waals surface area contributed by atoms with Crippen LogP contribution in [0.15, 0.2) is 53.4 Å². The topological polar surface area (TPSA) is 84.7 Å². The van der Waals surface area contributed by atoms with Crippen LogP contribution in [0.3, 0.4) is 0 Å². The average molecular weight is 503 g/mol. The molecule has 10 heteroatoms. The van der Waals surface area contributed by atoms with Gasteiger partial charge in [0.05, 0.1) is 22.7 Å². The lowest BCUT2D eigenvalue weighted by molar-refractivity contribution is -0.148. The van der Waals surface area contributed by atoms with Crippen LogP contribution < -0.4 is 0 Å². The number of carbonyl (C=O) groups is 1. The first-order valence-corrected chi connectivity index (χ1v) is 13.3. The molecule has 8 nitrogen and oxygen atoms in total. The van der Waals surface area contributed by atoms with Gasteiger partial charge in [-0.25, -0.2) is 13.4 Å². The van der Waals surface area contributed by atoms with Crippen LogP contribution in [-0.2, 0) is 19.6 Å². The predicted octanol–water partition coefficient (Wildman–Crippen LogP) is 3.25. The molecule has 1 aromatic heterocycles. The molecular formula is C24H27ClN4O4S. The first-order valence-electron chi connectivity index (χ1n) is 11.4. The van der Waals surface area contributed by atoms with E-state index in [4.69, 9.17) is 16.3 Å². The number of imidazole rings is 1. The number of morpholine rings is 1. The molecule has 0 radical (unpaired) electrons. The lowest BCUT2D eigenvalue weighted by Crippen LogP contribution is -2.53. The molecule has 2 saturated heterocycles. The van der Waals surface area contributed by atoms with E-state index in [1.165, 1.54) is 10.4 Å². The summed E-state index contributed by atoms with van der Waals surface area (Å²) in [5.74, 6) is 0.812. The number of benzene rings is 2. The monoisotopic (exact) mass is 502 g/mol. The summed E-state index contributed by atoms with van der Waals surface area (Å²) in [6.07, 6.45) is 0.793. The van der Waals surface area contributed by atoms with E-state index >= 15 is 0 Å². The molecule has 2 fully saturated rings. The summed E-state index contributed by atoms with van der Waals surface area (Å²) >= 11 is 6.13. The van der Waals surface area contributed by atoms with E-state index in [-0.39, 0.29) is 41.6 Å². The van der Waals surface area contributed by atoms with Crippen molar-refractivity contribution >= 4 is 38.6 Å². The summed E-state index contributed by atoms with van der Waals surface area (Å²) in [6.45, 7) is 3.53. The number of aromatic nitrogens is 2. The van der Waals surface area contributed by atoms with Crippen molar-refractivity contribution in [1.29, 1.82) is 0 Å². The number of hydrogen-bond acceptors (Lipinski definition) is 5. The highest BCUT2D eigenvalue weighted by Crippen LogP contribution is 2.30. The Morgan fingerprint density at radius 2 is 1.76 bits per heavy atom. The summed E-state index contributed by atoms with van der Waals surface area (Å²) in [5.41, 5.74) is 2.09. The molecule has 2 aliphatic rings. The van der Waals surface area contributed by atoms with Crippen LogP contribution in [0.5, 0.6) is 0 Å². The third-order valence-corrected chi connectivity index (χ3v) is 9.04. The molecule has 0 saturated carbocycles. The van der Waals surface area contributed by atoms with E-state index in [2.05, 4.69) is 15.6 Å². The molecule has 5 rings (SSSR count). The molecule has 2 aromatic carbocycles. The number of sulfonamides is 1. The number of carbonyl (C=O) groups excluding carboxylic acids is 1. The molecule has 0 aliphatic carbocycles. The highest BCUT2D eigenvalue weighted by Gasteiger charge is 2.37. The summed E-state index contributed by atoms with van der Waals surface area (Å²) in [4.78, 5) is 19.7. The first-order chi connectivity index (χ1) is 16.4. The number of likely N-dealkylation sites (tertiary alicyclic amines) is 1. The van der Waals surface area contributed by atoms with E-state index in [1.54, 1.807) is 23.1 Å². The Kier molecular flexibility index (Phi) is 6.37. The van der Waals surface area contributed by atoms with Gasteiger partial charge >= 0.3 is 0 Å². The number of amides is 1. The van der Waals surface area contributed by atoms with Crippen LogP contribution in [0, 0.1) is 6.92 Å². The normalized spacial score (nSPS) is 20.6. The fourth-order valence-electron chi connectivity index (χ4n) is 4.96. The number of rotatable bonds is 4. The van der Waals surface area contributed by atoms with Gasteiger partial charge in [0.15, 0.2) is 0 Å². The van der Waals surface area contributed by atoms with Gasteiger partial charge in [0.2, 0.25) is 10.0 Å². The van der Waals surface area contributed by atoms with Crippen LogP contribution in [-0.4, -0.2) is 72.0 Å². The maximum atomic E-state index is 13.2. The second kappa shape index (κ2) is 9.30. The first kappa shape index (κ1) is 23.3. The second-order valence-electron chi connectivity index (χ2n) is 8.73. The zero-order valence-electron chi connectivity index (χ0n) is 18.9. The smallest absolute Gasteiger partial charge is 0.253 e. The van der Waals surface area contributed by atoms with Gasteiger partial charge in [-0.1, -0.05) is 35.9 Å². The molecule has 3 heterocycles. The minimum Gasteiger partial charge on any atom is -0.366 e. The number of piperidine rings is 1. The summed E-state index contributed by atoms with van der Waals surface area (Å²) in [5, 5.41) is 0.168. The summed E-state index contributed by atoms with van der Waals surface area (Å²) in [7, 11) is -3.81. The highest BCUT2D eigenvalue weighted by molar-refractivity contribution is 7.89. The molecule has 3 aromatic rings. The molecule has 180 valence electrons. The minimum absolute atomic E-state index is 0.0163. The third kappa shape index (κ3) is 4.22. The lowest BCUT2D eigenvalue weighted by atomic mass is 10.0. The summed E-state index contributed by atoms with van der Waals surface area (Å²) < 4.78 is 35.5. The van der Waals surface area contributed by atoms with Crippen LogP contribution in [0.4, 0.5) is 0 Å². The van der Waals surface area contributed by atoms with E-state index in [0.29, 0.717) is 13.1 Å². The van der Waals surface area contributed by atoms with Crippen molar-refractivity contribution in [1.82, 2.24) is 18.8 Å². The number of aryl methyl sites for hydroxylation is 1. The maximum Gasteiger partial charge on any atom is 0.253 e. The predicted molar refractivity (Wildman–Crippen MR) is 129 cm³/mol. The van der Waals surface area contributed by atoms with E-state index in [0.717, 1.165) is 29.7 Å². The van der Waals surface area contributed by atoms with Crippen molar-refractivity contribution in [3.05, 3.63) is 59.4 Å². The molecule has 0 bridgehead atoms. The molecular weight excluding hydrogens is 476 g/mol. The van der Waals surface area contributed by atoms with Crippen molar-refractivity contribution in [2.24, 2.45) is 0 Å². The Labute approximate surface area is 204 Å². The third-order valence-electron chi connectivity index (χ3n) is 6.67. The van der Waals surface area contributed by atoms with Gasteiger partial charge in [-0.05, 0) is 44.0 Å². The fraction of sp³-hybridized carbons (Fsp3) is 0.417. The largest absolute Gasteiger partial charge is 0.366 e. The van der Waals surface area contributed by atoms with Gasteiger partial charge in [0.1, 0.15) is 16.8 Å². The van der Waals surface area contributed by atoms with Crippen molar-refractivity contribution in [3.63, 3.8) is 0 Å². The Balaban J connectivity index is 1.26. The average Bonchev–Trinajstić information content (AvgIpc) is 3.19. The Morgan fingerprint density at radius 3 is 2.53 bits per heavy atom. The molecule has 1 amide bonds. The number of nitrogens with zero attached hydrogens (tertiary/aromatic N) is 4. The number of fused-ring (bicyclic) bond motifs is 1. The highest BCUT2D eigenvalue weighted by atomic mass is 35.5. The standard InChI is InChI=1S/C24H27ClN4O4S/c1-17-26-20-7-3-4-8-21(20)29(17)18-10-12-27(13-11-18)24(30)22-16-28(14-15-33-22)34(31,32)23-9-5-2-6-19(23)25/h2-9,18,22H,10-16H2,1H3. The van der Waals surface area contributed by atoms with Gasteiger partial charge in [-0.3, -0.25) is 4.79 Å². The summed E-state index contributed by atoms with van der Waals surface area (Å²) in [6, 6.07) is 14.7. The van der Waals surface area contributed by atoms with Crippen molar-refractivity contribution in [3.8, 4) is 0 Å². The van der Waals surface area contributed by atoms with Crippen molar-refractivity contribution < 1.29 is 17.9 Å². The Morgan fingerprint density at radius 1 is 1.06 bits per heavy atom. The van der Waals surface area contributed by atoms with Gasteiger partial charge in [0.25, 0.3) is 5.91 Å². The van der Waals surface area contributed by atoms with Crippen LogP contribution in [0.2, 0.25) is 5.02 Å². The van der Waals surface area contributed by atoms with Crippen LogP contribution >= 0.6 is 11.6 Å². The van der Waals surface area contributed by atoms with Crippen molar-refractivity contribution in [2.75, 3.05) is 32.8 Å². The Hall–Kier alpha value is -2.46. The number of hydrogen-bond donors (Lipinski definition) is 0.